The molecule has 1 aromatic rings. The first kappa shape index (κ1) is 18.3. The van der Waals surface area contributed by atoms with E-state index in [4.69, 9.17) is 16.3 Å². The molecular formula is C18H30ClNO. The highest BCUT2D eigenvalue weighted by Crippen LogP contribution is 2.31. The Bertz CT molecular complexity index is 395. The summed E-state index contributed by atoms with van der Waals surface area (Å²) >= 11 is 6.03. The molecule has 120 valence electrons. The van der Waals surface area contributed by atoms with Crippen LogP contribution >= 0.6 is 11.6 Å². The number of benzene rings is 1. The van der Waals surface area contributed by atoms with E-state index in [1.807, 2.05) is 19.2 Å². The van der Waals surface area contributed by atoms with Crippen LogP contribution in [0.4, 0.5) is 0 Å². The number of hydrogen-bond acceptors (Lipinski definition) is 2. The van der Waals surface area contributed by atoms with Crippen molar-refractivity contribution in [2.45, 2.75) is 64.3 Å². The van der Waals surface area contributed by atoms with Gasteiger partial charge in [0.2, 0.25) is 0 Å². The fourth-order valence-corrected chi connectivity index (χ4v) is 2.90. The first-order valence-electron chi connectivity index (χ1n) is 8.23. The maximum absolute atomic E-state index is 6.03. The topological polar surface area (TPSA) is 21.3 Å². The first-order valence-corrected chi connectivity index (χ1v) is 8.61. The molecule has 1 N–H and O–H groups in total. The van der Waals surface area contributed by atoms with Crippen LogP contribution in [0.15, 0.2) is 18.2 Å². The molecule has 0 aliphatic carbocycles. The SMILES string of the molecule is CCCCCCCCCC(NC)c1ccc(Cl)cc1OC. The lowest BCUT2D eigenvalue weighted by Crippen LogP contribution is -2.17. The lowest BCUT2D eigenvalue weighted by molar-refractivity contribution is 0.396. The number of hydrogen-bond donors (Lipinski definition) is 1. The van der Waals surface area contributed by atoms with Crippen LogP contribution in [0, 0.1) is 0 Å². The Morgan fingerprint density at radius 2 is 1.76 bits per heavy atom. The van der Waals surface area contributed by atoms with Gasteiger partial charge in [0.25, 0.3) is 0 Å². The first-order chi connectivity index (χ1) is 10.2. The number of methoxy groups -OCH3 is 1. The molecule has 1 aromatic carbocycles. The summed E-state index contributed by atoms with van der Waals surface area (Å²) in [5.41, 5.74) is 1.20. The van der Waals surface area contributed by atoms with Crippen LogP contribution < -0.4 is 10.1 Å². The zero-order valence-electron chi connectivity index (χ0n) is 13.8. The van der Waals surface area contributed by atoms with Crippen LogP contribution in [0.25, 0.3) is 0 Å². The molecule has 1 unspecified atom stereocenters. The fraction of sp³-hybridized carbons (Fsp3) is 0.667. The smallest absolute Gasteiger partial charge is 0.125 e. The predicted molar refractivity (Wildman–Crippen MR) is 92.4 cm³/mol. The third-order valence-corrected chi connectivity index (χ3v) is 4.25. The molecule has 0 radical (unpaired) electrons. The van der Waals surface area contributed by atoms with Crippen molar-refractivity contribution in [2.24, 2.45) is 0 Å². The molecule has 3 heteroatoms. The van der Waals surface area contributed by atoms with E-state index in [1.165, 1.54) is 50.5 Å². The normalized spacial score (nSPS) is 12.4. The molecule has 21 heavy (non-hydrogen) atoms. The summed E-state index contributed by atoms with van der Waals surface area (Å²) in [6.45, 7) is 2.26. The van der Waals surface area contributed by atoms with E-state index in [0.717, 1.165) is 17.2 Å². The van der Waals surface area contributed by atoms with Gasteiger partial charge in [0.15, 0.2) is 0 Å². The molecule has 0 bridgehead atoms. The van der Waals surface area contributed by atoms with Gasteiger partial charge in [0, 0.05) is 16.6 Å². The van der Waals surface area contributed by atoms with Crippen molar-refractivity contribution in [1.82, 2.24) is 5.32 Å². The van der Waals surface area contributed by atoms with Crippen LogP contribution in [-0.4, -0.2) is 14.2 Å². The molecule has 0 saturated carbocycles. The lowest BCUT2D eigenvalue weighted by atomic mass is 9.99. The maximum Gasteiger partial charge on any atom is 0.125 e. The summed E-state index contributed by atoms with van der Waals surface area (Å²) in [7, 11) is 3.72. The zero-order chi connectivity index (χ0) is 15.5. The van der Waals surface area contributed by atoms with Gasteiger partial charge in [-0.05, 0) is 25.6 Å². The fourth-order valence-electron chi connectivity index (χ4n) is 2.73. The van der Waals surface area contributed by atoms with Crippen LogP contribution in [-0.2, 0) is 0 Å². The Labute approximate surface area is 135 Å². The standard InChI is InChI=1S/C18H30ClNO/c1-4-5-6-7-8-9-10-11-17(20-2)16-13-12-15(19)14-18(16)21-3/h12-14,17,20H,4-11H2,1-3H3. The van der Waals surface area contributed by atoms with E-state index in [2.05, 4.69) is 18.3 Å². The van der Waals surface area contributed by atoms with E-state index in [-0.39, 0.29) is 0 Å². The molecule has 0 aliphatic heterocycles. The number of nitrogens with one attached hydrogen (secondary N) is 1. The summed E-state index contributed by atoms with van der Waals surface area (Å²) in [6, 6.07) is 6.25. The Hall–Kier alpha value is -0.730. The molecule has 2 nitrogen and oxygen atoms in total. The minimum Gasteiger partial charge on any atom is -0.496 e. The van der Waals surface area contributed by atoms with Gasteiger partial charge in [0.05, 0.1) is 7.11 Å². The highest BCUT2D eigenvalue weighted by Gasteiger charge is 2.14. The van der Waals surface area contributed by atoms with E-state index in [9.17, 15) is 0 Å². The average molecular weight is 312 g/mol. The third-order valence-electron chi connectivity index (χ3n) is 4.02. The minimum absolute atomic E-state index is 0.341. The number of halogens is 1. The van der Waals surface area contributed by atoms with Crippen LogP contribution in [0.2, 0.25) is 5.02 Å². The summed E-state index contributed by atoms with van der Waals surface area (Å²) in [4.78, 5) is 0. The van der Waals surface area contributed by atoms with Crippen molar-refractivity contribution in [3.8, 4) is 5.75 Å². The predicted octanol–water partition coefficient (Wildman–Crippen LogP) is 5.75. The molecule has 0 aromatic heterocycles. The van der Waals surface area contributed by atoms with Gasteiger partial charge < -0.3 is 10.1 Å². The monoisotopic (exact) mass is 311 g/mol. The highest BCUT2D eigenvalue weighted by atomic mass is 35.5. The number of unbranched alkanes of at least 4 members (excludes halogenated alkanes) is 6. The molecule has 0 saturated heterocycles. The van der Waals surface area contributed by atoms with Gasteiger partial charge in [-0.25, -0.2) is 0 Å². The Balaban J connectivity index is 2.41. The molecule has 0 spiro atoms. The van der Waals surface area contributed by atoms with Crippen LogP contribution in [0.5, 0.6) is 5.75 Å². The summed E-state index contributed by atoms with van der Waals surface area (Å²) < 4.78 is 5.46. The molecule has 0 fully saturated rings. The van der Waals surface area contributed by atoms with Gasteiger partial charge in [0.1, 0.15) is 5.75 Å². The Kier molecular flexibility index (Phi) is 9.53. The van der Waals surface area contributed by atoms with Gasteiger partial charge in [-0.15, -0.1) is 0 Å². The van der Waals surface area contributed by atoms with E-state index in [1.54, 1.807) is 7.11 Å². The Morgan fingerprint density at radius 1 is 1.10 bits per heavy atom. The van der Waals surface area contributed by atoms with Gasteiger partial charge in [-0.2, -0.15) is 0 Å². The summed E-state index contributed by atoms with van der Waals surface area (Å²) in [5.74, 6) is 0.879. The van der Waals surface area contributed by atoms with Crippen LogP contribution in [0.1, 0.15) is 69.9 Å². The largest absolute Gasteiger partial charge is 0.496 e. The second-order valence-electron chi connectivity index (χ2n) is 5.64. The minimum atomic E-state index is 0.341. The molecule has 1 atom stereocenters. The van der Waals surface area contributed by atoms with Crippen molar-refractivity contribution in [3.05, 3.63) is 28.8 Å². The zero-order valence-corrected chi connectivity index (χ0v) is 14.5. The van der Waals surface area contributed by atoms with Gasteiger partial charge >= 0.3 is 0 Å². The van der Waals surface area contributed by atoms with Crippen molar-refractivity contribution in [2.75, 3.05) is 14.2 Å². The lowest BCUT2D eigenvalue weighted by Gasteiger charge is -2.19. The van der Waals surface area contributed by atoms with E-state index in [0.29, 0.717) is 6.04 Å². The van der Waals surface area contributed by atoms with Crippen molar-refractivity contribution in [3.63, 3.8) is 0 Å². The highest BCUT2D eigenvalue weighted by molar-refractivity contribution is 6.30. The number of ether oxygens (including phenoxy) is 1. The third kappa shape index (κ3) is 6.71. The van der Waals surface area contributed by atoms with Crippen molar-refractivity contribution in [1.29, 1.82) is 0 Å². The number of rotatable bonds is 11. The molecule has 0 heterocycles. The molecular weight excluding hydrogens is 282 g/mol. The summed E-state index contributed by atoms with van der Waals surface area (Å²) in [6.07, 6.45) is 10.5. The quantitative estimate of drug-likeness (QED) is 0.525. The van der Waals surface area contributed by atoms with Gasteiger partial charge in [-0.3, -0.25) is 0 Å². The second kappa shape index (κ2) is 10.9. The molecule has 0 aliphatic rings. The van der Waals surface area contributed by atoms with Crippen molar-refractivity contribution >= 4 is 11.6 Å². The molecule has 0 amide bonds. The van der Waals surface area contributed by atoms with Crippen molar-refractivity contribution < 1.29 is 4.74 Å². The van der Waals surface area contributed by atoms with Crippen LogP contribution in [0.3, 0.4) is 0 Å². The maximum atomic E-state index is 6.03. The summed E-state index contributed by atoms with van der Waals surface area (Å²) in [5, 5.41) is 4.12. The Morgan fingerprint density at radius 3 is 2.38 bits per heavy atom. The second-order valence-corrected chi connectivity index (χ2v) is 6.07. The average Bonchev–Trinajstić information content (AvgIpc) is 2.50. The van der Waals surface area contributed by atoms with E-state index >= 15 is 0 Å². The van der Waals surface area contributed by atoms with E-state index < -0.39 is 0 Å². The van der Waals surface area contributed by atoms with Gasteiger partial charge in [-0.1, -0.05) is 69.5 Å². The molecule has 1 rings (SSSR count).